The summed E-state index contributed by atoms with van der Waals surface area (Å²) in [5.74, 6) is 6.51. The molecule has 0 radical (unpaired) electrons. The molecule has 1 unspecified atom stereocenters. The van der Waals surface area contributed by atoms with Crippen molar-refractivity contribution in [1.82, 2.24) is 10.4 Å². The molecular formula is C13H21N3. The van der Waals surface area contributed by atoms with Gasteiger partial charge in [-0.25, -0.2) is 0 Å². The second-order valence-corrected chi connectivity index (χ2v) is 4.80. The van der Waals surface area contributed by atoms with E-state index in [9.17, 15) is 0 Å². The van der Waals surface area contributed by atoms with Crippen LogP contribution in [0.15, 0.2) is 24.5 Å². The van der Waals surface area contributed by atoms with E-state index in [1.165, 1.54) is 31.2 Å². The number of rotatable bonds is 6. The van der Waals surface area contributed by atoms with Crippen LogP contribution in [0, 0.1) is 5.92 Å². The topological polar surface area (TPSA) is 50.9 Å². The molecule has 1 aromatic heterocycles. The lowest BCUT2D eigenvalue weighted by molar-refractivity contribution is 0.255. The average Bonchev–Trinajstić information content (AvgIpc) is 2.28. The zero-order valence-electron chi connectivity index (χ0n) is 9.73. The van der Waals surface area contributed by atoms with Gasteiger partial charge in [0.05, 0.1) is 0 Å². The highest BCUT2D eigenvalue weighted by Crippen LogP contribution is 2.31. The molecule has 3 nitrogen and oxygen atoms in total. The van der Waals surface area contributed by atoms with Gasteiger partial charge in [0.1, 0.15) is 0 Å². The molecule has 88 valence electrons. The summed E-state index contributed by atoms with van der Waals surface area (Å²) in [5.41, 5.74) is 4.25. The minimum atomic E-state index is 0.463. The van der Waals surface area contributed by atoms with Crippen LogP contribution >= 0.6 is 0 Å². The van der Waals surface area contributed by atoms with Gasteiger partial charge in [0.2, 0.25) is 0 Å². The standard InChI is InChI=1S/C13H21N3/c14-16-13(9-11-3-1-4-11)7-6-12-5-2-8-15-10-12/h2,5,8,10-11,13,16H,1,3-4,6-7,9,14H2. The maximum Gasteiger partial charge on any atom is 0.0299 e. The lowest BCUT2D eigenvalue weighted by Gasteiger charge is -2.29. The maximum absolute atomic E-state index is 5.60. The van der Waals surface area contributed by atoms with Gasteiger partial charge in [-0.1, -0.05) is 25.3 Å². The molecule has 1 aromatic rings. The lowest BCUT2D eigenvalue weighted by atomic mass is 9.80. The van der Waals surface area contributed by atoms with E-state index in [0.29, 0.717) is 6.04 Å². The predicted octanol–water partition coefficient (Wildman–Crippen LogP) is 2.04. The zero-order valence-corrected chi connectivity index (χ0v) is 9.73. The van der Waals surface area contributed by atoms with Gasteiger partial charge in [0.25, 0.3) is 0 Å². The molecule has 1 saturated carbocycles. The van der Waals surface area contributed by atoms with Gasteiger partial charge < -0.3 is 0 Å². The van der Waals surface area contributed by atoms with Crippen molar-refractivity contribution in [2.45, 2.75) is 44.6 Å². The van der Waals surface area contributed by atoms with Crippen LogP contribution < -0.4 is 11.3 Å². The fraction of sp³-hybridized carbons (Fsp3) is 0.615. The van der Waals surface area contributed by atoms with Gasteiger partial charge in [-0.05, 0) is 36.8 Å². The number of aromatic nitrogens is 1. The van der Waals surface area contributed by atoms with E-state index in [1.807, 2.05) is 18.5 Å². The summed E-state index contributed by atoms with van der Waals surface area (Å²) in [5, 5.41) is 0. The minimum absolute atomic E-state index is 0.463. The number of hydrogen-bond acceptors (Lipinski definition) is 3. The third kappa shape index (κ3) is 3.29. The Hall–Kier alpha value is -0.930. The van der Waals surface area contributed by atoms with Crippen molar-refractivity contribution < 1.29 is 0 Å². The number of nitrogens with zero attached hydrogens (tertiary/aromatic N) is 1. The lowest BCUT2D eigenvalue weighted by Crippen LogP contribution is -2.38. The normalized spacial score (nSPS) is 18.1. The van der Waals surface area contributed by atoms with Crippen LogP contribution in [0.4, 0.5) is 0 Å². The zero-order chi connectivity index (χ0) is 11.2. The molecular weight excluding hydrogens is 198 g/mol. The Labute approximate surface area is 97.4 Å². The van der Waals surface area contributed by atoms with E-state index >= 15 is 0 Å². The molecule has 3 N–H and O–H groups in total. The van der Waals surface area contributed by atoms with E-state index in [-0.39, 0.29) is 0 Å². The van der Waals surface area contributed by atoms with Crippen molar-refractivity contribution in [3.05, 3.63) is 30.1 Å². The van der Waals surface area contributed by atoms with Gasteiger partial charge in [-0.2, -0.15) is 0 Å². The van der Waals surface area contributed by atoms with Crippen LogP contribution in [0.3, 0.4) is 0 Å². The van der Waals surface area contributed by atoms with Crippen LogP contribution in [-0.2, 0) is 6.42 Å². The van der Waals surface area contributed by atoms with Crippen molar-refractivity contribution in [2.24, 2.45) is 11.8 Å². The van der Waals surface area contributed by atoms with Crippen LogP contribution in [0.1, 0.15) is 37.7 Å². The van der Waals surface area contributed by atoms with Crippen LogP contribution in [0.25, 0.3) is 0 Å². The van der Waals surface area contributed by atoms with Crippen molar-refractivity contribution >= 4 is 0 Å². The Kier molecular flexibility index (Phi) is 4.31. The molecule has 2 rings (SSSR count). The molecule has 0 spiro atoms. The van der Waals surface area contributed by atoms with E-state index in [4.69, 9.17) is 5.84 Å². The minimum Gasteiger partial charge on any atom is -0.271 e. The maximum atomic E-state index is 5.60. The van der Waals surface area contributed by atoms with E-state index in [2.05, 4.69) is 16.5 Å². The number of nitrogens with two attached hydrogens (primary N) is 1. The Morgan fingerprint density at radius 3 is 2.94 bits per heavy atom. The molecule has 1 aliphatic carbocycles. The first-order chi connectivity index (χ1) is 7.88. The highest BCUT2D eigenvalue weighted by molar-refractivity contribution is 5.08. The molecule has 1 aliphatic rings. The number of pyridine rings is 1. The van der Waals surface area contributed by atoms with Crippen molar-refractivity contribution in [1.29, 1.82) is 0 Å². The molecule has 0 amide bonds. The summed E-state index contributed by atoms with van der Waals surface area (Å²) in [6.07, 6.45) is 11.4. The average molecular weight is 219 g/mol. The fourth-order valence-electron chi connectivity index (χ4n) is 2.29. The monoisotopic (exact) mass is 219 g/mol. The first-order valence-corrected chi connectivity index (χ1v) is 6.23. The highest BCUT2D eigenvalue weighted by atomic mass is 15.2. The fourth-order valence-corrected chi connectivity index (χ4v) is 2.29. The summed E-state index contributed by atoms with van der Waals surface area (Å²) in [4.78, 5) is 4.13. The Morgan fingerprint density at radius 2 is 2.38 bits per heavy atom. The summed E-state index contributed by atoms with van der Waals surface area (Å²) < 4.78 is 0. The van der Waals surface area contributed by atoms with Gasteiger partial charge in [0, 0.05) is 18.4 Å². The van der Waals surface area contributed by atoms with Gasteiger partial charge in [-0.3, -0.25) is 16.3 Å². The van der Waals surface area contributed by atoms with Crippen molar-refractivity contribution in [2.75, 3.05) is 0 Å². The second-order valence-electron chi connectivity index (χ2n) is 4.80. The molecule has 1 heterocycles. The number of nitrogens with one attached hydrogen (secondary N) is 1. The molecule has 0 saturated heterocycles. The first kappa shape index (κ1) is 11.6. The van der Waals surface area contributed by atoms with Crippen molar-refractivity contribution in [3.63, 3.8) is 0 Å². The van der Waals surface area contributed by atoms with E-state index in [1.54, 1.807) is 0 Å². The third-order valence-corrected chi connectivity index (χ3v) is 3.58. The Balaban J connectivity index is 1.73. The van der Waals surface area contributed by atoms with E-state index < -0.39 is 0 Å². The molecule has 0 bridgehead atoms. The SMILES string of the molecule is NNC(CCc1cccnc1)CC1CCC1. The van der Waals surface area contributed by atoms with Gasteiger partial charge in [-0.15, -0.1) is 0 Å². The molecule has 1 fully saturated rings. The molecule has 0 aromatic carbocycles. The molecule has 1 atom stereocenters. The largest absolute Gasteiger partial charge is 0.271 e. The summed E-state index contributed by atoms with van der Waals surface area (Å²) >= 11 is 0. The second kappa shape index (κ2) is 5.97. The van der Waals surface area contributed by atoms with Crippen molar-refractivity contribution in [3.8, 4) is 0 Å². The molecule has 16 heavy (non-hydrogen) atoms. The Morgan fingerprint density at radius 1 is 1.50 bits per heavy atom. The van der Waals surface area contributed by atoms with E-state index in [0.717, 1.165) is 18.8 Å². The highest BCUT2D eigenvalue weighted by Gasteiger charge is 2.21. The summed E-state index contributed by atoms with van der Waals surface area (Å²) in [6, 6.07) is 4.58. The Bertz CT molecular complexity index is 295. The first-order valence-electron chi connectivity index (χ1n) is 6.23. The van der Waals surface area contributed by atoms with Crippen LogP contribution in [-0.4, -0.2) is 11.0 Å². The summed E-state index contributed by atoms with van der Waals surface area (Å²) in [6.45, 7) is 0. The van der Waals surface area contributed by atoms with Crippen LogP contribution in [0.5, 0.6) is 0 Å². The predicted molar refractivity (Wildman–Crippen MR) is 65.6 cm³/mol. The van der Waals surface area contributed by atoms with Gasteiger partial charge in [0.15, 0.2) is 0 Å². The smallest absolute Gasteiger partial charge is 0.0299 e. The quantitative estimate of drug-likeness (QED) is 0.568. The summed E-state index contributed by atoms with van der Waals surface area (Å²) in [7, 11) is 0. The molecule has 3 heteroatoms. The molecule has 0 aliphatic heterocycles. The van der Waals surface area contributed by atoms with Crippen LogP contribution in [0.2, 0.25) is 0 Å². The third-order valence-electron chi connectivity index (χ3n) is 3.58. The van der Waals surface area contributed by atoms with Gasteiger partial charge >= 0.3 is 0 Å². The number of hydrogen-bond donors (Lipinski definition) is 2. The number of aryl methyl sites for hydroxylation is 1. The number of hydrazine groups is 1.